The topological polar surface area (TPSA) is 45.1 Å². The molecule has 1 fully saturated rings. The van der Waals surface area contributed by atoms with E-state index in [0.717, 1.165) is 11.5 Å². The van der Waals surface area contributed by atoms with Crippen molar-refractivity contribution in [2.45, 2.75) is 51.2 Å². The van der Waals surface area contributed by atoms with Crippen LogP contribution < -0.4 is 5.32 Å². The standard InChI is InChI=1S/C15H24N2O/c1-2-12-3-5-14(6-4-12)17-11-15(18)13-7-9-16-10-8-13/h7-10,12,14-15,17-18H,2-6,11H2,1H3. The number of aliphatic hydroxyl groups excluding tert-OH is 1. The predicted octanol–water partition coefficient (Wildman–Crippen LogP) is 2.67. The highest BCUT2D eigenvalue weighted by Crippen LogP contribution is 2.26. The van der Waals surface area contributed by atoms with Gasteiger partial charge in [0.15, 0.2) is 0 Å². The summed E-state index contributed by atoms with van der Waals surface area (Å²) in [5.41, 5.74) is 0.944. The van der Waals surface area contributed by atoms with Crippen molar-refractivity contribution >= 4 is 0 Å². The summed E-state index contributed by atoms with van der Waals surface area (Å²) < 4.78 is 0. The third kappa shape index (κ3) is 3.79. The largest absolute Gasteiger partial charge is 0.387 e. The molecule has 3 heteroatoms. The highest BCUT2D eigenvalue weighted by molar-refractivity contribution is 5.13. The summed E-state index contributed by atoms with van der Waals surface area (Å²) in [7, 11) is 0. The molecule has 100 valence electrons. The second-order valence-corrected chi connectivity index (χ2v) is 5.33. The average Bonchev–Trinajstić information content (AvgIpc) is 2.46. The van der Waals surface area contributed by atoms with Crippen LogP contribution in [0.1, 0.15) is 50.7 Å². The second-order valence-electron chi connectivity index (χ2n) is 5.33. The van der Waals surface area contributed by atoms with Crippen LogP contribution in [0.5, 0.6) is 0 Å². The second kappa shape index (κ2) is 6.86. The SMILES string of the molecule is CCC1CCC(NCC(O)c2ccncc2)CC1. The highest BCUT2D eigenvalue weighted by Gasteiger charge is 2.20. The molecule has 0 saturated heterocycles. The van der Waals surface area contributed by atoms with Crippen LogP contribution in [0.4, 0.5) is 0 Å². The molecule has 0 aromatic carbocycles. The molecular weight excluding hydrogens is 224 g/mol. The summed E-state index contributed by atoms with van der Waals surface area (Å²) >= 11 is 0. The summed E-state index contributed by atoms with van der Waals surface area (Å²) in [4.78, 5) is 3.96. The Labute approximate surface area is 110 Å². The minimum Gasteiger partial charge on any atom is -0.387 e. The van der Waals surface area contributed by atoms with E-state index in [9.17, 15) is 5.11 Å². The van der Waals surface area contributed by atoms with E-state index in [2.05, 4.69) is 17.2 Å². The van der Waals surface area contributed by atoms with Crippen LogP contribution >= 0.6 is 0 Å². The molecule has 1 saturated carbocycles. The van der Waals surface area contributed by atoms with Gasteiger partial charge in [-0.1, -0.05) is 13.3 Å². The maximum absolute atomic E-state index is 10.1. The monoisotopic (exact) mass is 248 g/mol. The van der Waals surface area contributed by atoms with Crippen LogP contribution in [0.15, 0.2) is 24.5 Å². The number of aliphatic hydroxyl groups is 1. The van der Waals surface area contributed by atoms with Crippen LogP contribution in [0.3, 0.4) is 0 Å². The van der Waals surface area contributed by atoms with Crippen LogP contribution in [-0.2, 0) is 0 Å². The Kier molecular flexibility index (Phi) is 5.14. The van der Waals surface area contributed by atoms with Gasteiger partial charge in [0.05, 0.1) is 6.10 Å². The van der Waals surface area contributed by atoms with Crippen molar-refractivity contribution in [2.24, 2.45) is 5.92 Å². The number of hydrogen-bond acceptors (Lipinski definition) is 3. The Balaban J connectivity index is 1.72. The van der Waals surface area contributed by atoms with E-state index in [1.165, 1.54) is 32.1 Å². The molecule has 1 unspecified atom stereocenters. The molecule has 2 rings (SSSR count). The quantitative estimate of drug-likeness (QED) is 0.842. The Bertz CT molecular complexity index is 334. The summed E-state index contributed by atoms with van der Waals surface area (Å²) in [5, 5.41) is 13.6. The lowest BCUT2D eigenvalue weighted by atomic mass is 9.84. The Morgan fingerprint density at radius 3 is 2.56 bits per heavy atom. The third-order valence-corrected chi connectivity index (χ3v) is 4.11. The molecule has 18 heavy (non-hydrogen) atoms. The minimum atomic E-state index is -0.420. The predicted molar refractivity (Wildman–Crippen MR) is 73.2 cm³/mol. The number of pyridine rings is 1. The van der Waals surface area contributed by atoms with Gasteiger partial charge in [0.25, 0.3) is 0 Å². The smallest absolute Gasteiger partial charge is 0.0915 e. The Morgan fingerprint density at radius 1 is 1.28 bits per heavy atom. The fourth-order valence-corrected chi connectivity index (χ4v) is 2.76. The van der Waals surface area contributed by atoms with E-state index in [1.54, 1.807) is 12.4 Å². The molecule has 0 amide bonds. The Morgan fingerprint density at radius 2 is 1.94 bits per heavy atom. The molecule has 1 aliphatic carbocycles. The van der Waals surface area contributed by atoms with Crippen molar-refractivity contribution in [3.05, 3.63) is 30.1 Å². The summed E-state index contributed by atoms with van der Waals surface area (Å²) in [6, 6.07) is 4.34. The third-order valence-electron chi connectivity index (χ3n) is 4.11. The van der Waals surface area contributed by atoms with Gasteiger partial charge in [-0.25, -0.2) is 0 Å². The van der Waals surface area contributed by atoms with Crippen molar-refractivity contribution < 1.29 is 5.11 Å². The zero-order chi connectivity index (χ0) is 12.8. The van der Waals surface area contributed by atoms with E-state index in [-0.39, 0.29) is 0 Å². The van der Waals surface area contributed by atoms with E-state index in [0.29, 0.717) is 12.6 Å². The van der Waals surface area contributed by atoms with Crippen molar-refractivity contribution in [3.63, 3.8) is 0 Å². The Hall–Kier alpha value is -0.930. The van der Waals surface area contributed by atoms with Gasteiger partial charge >= 0.3 is 0 Å². The van der Waals surface area contributed by atoms with E-state index in [4.69, 9.17) is 0 Å². The molecule has 0 bridgehead atoms. The van der Waals surface area contributed by atoms with Crippen molar-refractivity contribution in [1.82, 2.24) is 10.3 Å². The zero-order valence-electron chi connectivity index (χ0n) is 11.2. The lowest BCUT2D eigenvalue weighted by molar-refractivity contribution is 0.162. The van der Waals surface area contributed by atoms with E-state index >= 15 is 0 Å². The number of nitrogens with zero attached hydrogens (tertiary/aromatic N) is 1. The molecule has 1 atom stereocenters. The minimum absolute atomic E-state index is 0.420. The number of rotatable bonds is 5. The summed E-state index contributed by atoms with van der Waals surface area (Å²) in [5.74, 6) is 0.924. The number of nitrogens with one attached hydrogen (secondary N) is 1. The van der Waals surface area contributed by atoms with Crippen molar-refractivity contribution in [3.8, 4) is 0 Å². The fraction of sp³-hybridized carbons (Fsp3) is 0.667. The maximum Gasteiger partial charge on any atom is 0.0915 e. The molecule has 0 spiro atoms. The van der Waals surface area contributed by atoms with E-state index < -0.39 is 6.10 Å². The van der Waals surface area contributed by atoms with Gasteiger partial charge < -0.3 is 10.4 Å². The lowest BCUT2D eigenvalue weighted by Crippen LogP contribution is -2.35. The molecule has 0 aliphatic heterocycles. The molecule has 1 aromatic rings. The van der Waals surface area contributed by atoms with Gasteiger partial charge in [0.2, 0.25) is 0 Å². The first-order valence-corrected chi connectivity index (χ1v) is 7.11. The first-order valence-electron chi connectivity index (χ1n) is 7.11. The maximum atomic E-state index is 10.1. The molecule has 3 nitrogen and oxygen atoms in total. The normalized spacial score (nSPS) is 25.9. The van der Waals surface area contributed by atoms with Gasteiger partial charge in [-0.15, -0.1) is 0 Å². The molecule has 1 aromatic heterocycles. The van der Waals surface area contributed by atoms with Crippen molar-refractivity contribution in [1.29, 1.82) is 0 Å². The first kappa shape index (κ1) is 13.5. The van der Waals surface area contributed by atoms with Gasteiger partial charge in [0, 0.05) is 25.0 Å². The number of hydrogen-bond donors (Lipinski definition) is 2. The lowest BCUT2D eigenvalue weighted by Gasteiger charge is -2.29. The van der Waals surface area contributed by atoms with Crippen molar-refractivity contribution in [2.75, 3.05) is 6.54 Å². The molecule has 0 radical (unpaired) electrons. The zero-order valence-corrected chi connectivity index (χ0v) is 11.2. The van der Waals surface area contributed by atoms with Crippen LogP contribution in [-0.4, -0.2) is 22.7 Å². The van der Waals surface area contributed by atoms with Gasteiger partial charge in [-0.2, -0.15) is 0 Å². The van der Waals surface area contributed by atoms with Gasteiger partial charge in [0.1, 0.15) is 0 Å². The first-order chi connectivity index (χ1) is 8.79. The molecular formula is C15H24N2O. The summed E-state index contributed by atoms with van der Waals surface area (Å²) in [6.07, 6.45) is 9.52. The highest BCUT2D eigenvalue weighted by atomic mass is 16.3. The van der Waals surface area contributed by atoms with Gasteiger partial charge in [-0.3, -0.25) is 4.98 Å². The van der Waals surface area contributed by atoms with Crippen LogP contribution in [0.25, 0.3) is 0 Å². The van der Waals surface area contributed by atoms with Gasteiger partial charge in [-0.05, 0) is 49.3 Å². The molecule has 2 N–H and O–H groups in total. The molecule has 1 heterocycles. The fourth-order valence-electron chi connectivity index (χ4n) is 2.76. The van der Waals surface area contributed by atoms with Crippen LogP contribution in [0, 0.1) is 5.92 Å². The summed E-state index contributed by atoms with van der Waals surface area (Å²) in [6.45, 7) is 2.93. The van der Waals surface area contributed by atoms with Crippen LogP contribution in [0.2, 0.25) is 0 Å². The average molecular weight is 248 g/mol. The molecule has 1 aliphatic rings. The van der Waals surface area contributed by atoms with E-state index in [1.807, 2.05) is 12.1 Å². The number of aromatic nitrogens is 1.